The Morgan fingerprint density at radius 3 is 2.35 bits per heavy atom. The molecule has 0 radical (unpaired) electrons. The van der Waals surface area contributed by atoms with Gasteiger partial charge in [-0.2, -0.15) is 13.2 Å². The zero-order valence-electron chi connectivity index (χ0n) is 17.8. The molecule has 180 valence electrons. The third kappa shape index (κ3) is 6.00. The lowest BCUT2D eigenvalue weighted by atomic mass is 10.1. The van der Waals surface area contributed by atoms with Crippen LogP contribution in [0.15, 0.2) is 77.7 Å². The molecule has 1 amide bonds. The number of halogens is 4. The van der Waals surface area contributed by atoms with Crippen molar-refractivity contribution in [2.45, 2.75) is 17.6 Å². The second kappa shape index (κ2) is 10.4. The third-order valence-electron chi connectivity index (χ3n) is 4.79. The maximum atomic E-state index is 13.3. The quantitative estimate of drug-likeness (QED) is 0.467. The van der Waals surface area contributed by atoms with Crippen molar-refractivity contribution >= 4 is 33.2 Å². The fraction of sp³-hybridized carbons (Fsp3) is 0.174. The Morgan fingerprint density at radius 1 is 1.03 bits per heavy atom. The van der Waals surface area contributed by atoms with E-state index in [1.165, 1.54) is 49.6 Å². The molecule has 0 saturated carbocycles. The summed E-state index contributed by atoms with van der Waals surface area (Å²) in [5, 5.41) is 2.61. The normalized spacial score (nSPS) is 11.7. The van der Waals surface area contributed by atoms with Gasteiger partial charge in [0.2, 0.25) is 5.91 Å². The van der Waals surface area contributed by atoms with Crippen LogP contribution in [-0.4, -0.2) is 28.0 Å². The highest BCUT2D eigenvalue weighted by Gasteiger charge is 2.30. The molecule has 0 bridgehead atoms. The molecule has 0 spiro atoms. The number of carbonyl (C=O) groups excluding carboxylic acids is 1. The molecule has 34 heavy (non-hydrogen) atoms. The summed E-state index contributed by atoms with van der Waals surface area (Å²) < 4.78 is 71.4. The van der Waals surface area contributed by atoms with Gasteiger partial charge in [0.05, 0.1) is 28.3 Å². The van der Waals surface area contributed by atoms with Crippen molar-refractivity contribution in [3.8, 4) is 5.75 Å². The number of amides is 1. The Labute approximate surface area is 200 Å². The molecule has 3 aromatic rings. The molecule has 0 aliphatic heterocycles. The summed E-state index contributed by atoms with van der Waals surface area (Å²) in [7, 11) is -2.77. The van der Waals surface area contributed by atoms with Gasteiger partial charge < -0.3 is 10.1 Å². The van der Waals surface area contributed by atoms with Crippen LogP contribution >= 0.6 is 11.6 Å². The Balaban J connectivity index is 1.86. The first-order valence-electron chi connectivity index (χ1n) is 9.86. The molecular weight excluding hydrogens is 493 g/mol. The van der Waals surface area contributed by atoms with E-state index in [1.807, 2.05) is 0 Å². The topological polar surface area (TPSA) is 75.7 Å². The molecule has 0 atom stereocenters. The zero-order valence-corrected chi connectivity index (χ0v) is 19.4. The predicted molar refractivity (Wildman–Crippen MR) is 122 cm³/mol. The number of hydrogen-bond acceptors (Lipinski definition) is 4. The van der Waals surface area contributed by atoms with E-state index < -0.39 is 34.2 Å². The highest BCUT2D eigenvalue weighted by Crippen LogP contribution is 2.32. The first-order chi connectivity index (χ1) is 16.0. The highest BCUT2D eigenvalue weighted by atomic mass is 35.5. The lowest BCUT2D eigenvalue weighted by Crippen LogP contribution is -2.40. The van der Waals surface area contributed by atoms with Crippen LogP contribution in [0.5, 0.6) is 5.75 Å². The molecule has 1 N–H and O–H groups in total. The lowest BCUT2D eigenvalue weighted by Gasteiger charge is -2.24. The monoisotopic (exact) mass is 512 g/mol. The number of nitrogens with one attached hydrogen (secondary N) is 1. The average molecular weight is 513 g/mol. The van der Waals surface area contributed by atoms with Crippen LogP contribution in [0, 0.1) is 0 Å². The fourth-order valence-electron chi connectivity index (χ4n) is 3.09. The minimum atomic E-state index is -4.52. The van der Waals surface area contributed by atoms with Gasteiger partial charge in [0.1, 0.15) is 12.3 Å². The van der Waals surface area contributed by atoms with Crippen LogP contribution in [-0.2, 0) is 27.5 Å². The largest absolute Gasteiger partial charge is 0.495 e. The molecular formula is C23H20ClF3N2O4S. The van der Waals surface area contributed by atoms with Crippen molar-refractivity contribution in [1.82, 2.24) is 5.32 Å². The maximum absolute atomic E-state index is 13.3. The van der Waals surface area contributed by atoms with Crippen LogP contribution in [0.2, 0.25) is 5.02 Å². The highest BCUT2D eigenvalue weighted by molar-refractivity contribution is 7.92. The Hall–Kier alpha value is -3.24. The van der Waals surface area contributed by atoms with E-state index in [9.17, 15) is 26.4 Å². The maximum Gasteiger partial charge on any atom is 0.416 e. The number of rotatable bonds is 8. The van der Waals surface area contributed by atoms with Gasteiger partial charge in [-0.1, -0.05) is 41.9 Å². The summed E-state index contributed by atoms with van der Waals surface area (Å²) >= 11 is 6.16. The first-order valence-corrected chi connectivity index (χ1v) is 11.7. The van der Waals surface area contributed by atoms with E-state index >= 15 is 0 Å². The van der Waals surface area contributed by atoms with E-state index in [2.05, 4.69) is 5.32 Å². The van der Waals surface area contributed by atoms with E-state index in [0.29, 0.717) is 5.75 Å². The summed E-state index contributed by atoms with van der Waals surface area (Å²) in [5.41, 5.74) is -0.516. The minimum absolute atomic E-state index is 0.0485. The number of sulfonamides is 1. The second-order valence-corrected chi connectivity index (χ2v) is 9.39. The van der Waals surface area contributed by atoms with E-state index in [0.717, 1.165) is 16.4 Å². The molecule has 0 aliphatic rings. The van der Waals surface area contributed by atoms with Crippen LogP contribution < -0.4 is 14.4 Å². The summed E-state index contributed by atoms with van der Waals surface area (Å²) in [6, 6.07) is 16.2. The van der Waals surface area contributed by atoms with Gasteiger partial charge >= 0.3 is 6.18 Å². The van der Waals surface area contributed by atoms with Crippen molar-refractivity contribution in [1.29, 1.82) is 0 Å². The molecule has 3 aromatic carbocycles. The fourth-order valence-corrected chi connectivity index (χ4v) is 4.78. The second-order valence-electron chi connectivity index (χ2n) is 7.12. The molecule has 6 nitrogen and oxygen atoms in total. The zero-order chi connectivity index (χ0) is 24.9. The summed E-state index contributed by atoms with van der Waals surface area (Å²) in [6.07, 6.45) is -4.52. The van der Waals surface area contributed by atoms with Crippen LogP contribution in [0.1, 0.15) is 11.1 Å². The number of ether oxygens (including phenoxy) is 1. The number of anilines is 1. The number of benzene rings is 3. The number of alkyl halides is 3. The van der Waals surface area contributed by atoms with Gasteiger partial charge in [-0.15, -0.1) is 0 Å². The molecule has 0 unspecified atom stereocenters. The van der Waals surface area contributed by atoms with Gasteiger partial charge in [-0.25, -0.2) is 8.42 Å². The van der Waals surface area contributed by atoms with Gasteiger partial charge in [0, 0.05) is 6.54 Å². The number of nitrogens with zero attached hydrogens (tertiary/aromatic N) is 1. The van der Waals surface area contributed by atoms with Crippen molar-refractivity contribution in [3.05, 3.63) is 88.9 Å². The number of hydrogen-bond donors (Lipinski definition) is 1. The summed E-state index contributed by atoms with van der Waals surface area (Å²) in [6.45, 7) is -0.843. The van der Waals surface area contributed by atoms with Crippen LogP contribution in [0.3, 0.4) is 0 Å². The smallest absolute Gasteiger partial charge is 0.416 e. The Kier molecular flexibility index (Phi) is 7.73. The van der Waals surface area contributed by atoms with E-state index in [1.54, 1.807) is 18.2 Å². The van der Waals surface area contributed by atoms with E-state index in [4.69, 9.17) is 16.3 Å². The number of methoxy groups -OCH3 is 1. The first kappa shape index (κ1) is 25.4. The summed E-state index contributed by atoms with van der Waals surface area (Å²) in [5.74, 6) is -0.402. The molecule has 0 aromatic heterocycles. The van der Waals surface area contributed by atoms with Crippen molar-refractivity contribution < 1.29 is 31.1 Å². The third-order valence-corrected chi connectivity index (χ3v) is 6.87. The Bertz CT molecular complexity index is 1270. The van der Waals surface area contributed by atoms with Gasteiger partial charge in [0.15, 0.2) is 0 Å². The van der Waals surface area contributed by atoms with Crippen molar-refractivity contribution in [2.75, 3.05) is 18.0 Å². The SMILES string of the molecule is COc1ccc(N(CC(=O)NCc2cccc(C(F)(F)F)c2)S(=O)(=O)c2ccccc2)cc1Cl. The van der Waals surface area contributed by atoms with E-state index in [-0.39, 0.29) is 27.7 Å². The number of carbonyl (C=O) groups is 1. The molecule has 11 heteroatoms. The standard InChI is InChI=1S/C23H20ClF3N2O4S/c1-33-21-11-10-18(13-20(21)24)29(34(31,32)19-8-3-2-4-9-19)15-22(30)28-14-16-6-5-7-17(12-16)23(25,26)27/h2-13H,14-15H2,1H3,(H,28,30). The van der Waals surface area contributed by atoms with Crippen molar-refractivity contribution in [2.24, 2.45) is 0 Å². The van der Waals surface area contributed by atoms with Crippen LogP contribution in [0.4, 0.5) is 18.9 Å². The average Bonchev–Trinajstić information content (AvgIpc) is 2.81. The predicted octanol–water partition coefficient (Wildman–Crippen LogP) is 4.88. The van der Waals surface area contributed by atoms with Gasteiger partial charge in [-0.05, 0) is 48.0 Å². The lowest BCUT2D eigenvalue weighted by molar-refractivity contribution is -0.137. The molecule has 3 rings (SSSR count). The molecule has 0 aliphatic carbocycles. The molecule has 0 heterocycles. The van der Waals surface area contributed by atoms with Crippen molar-refractivity contribution in [3.63, 3.8) is 0 Å². The summed E-state index contributed by atoms with van der Waals surface area (Å²) in [4.78, 5) is 12.6. The van der Waals surface area contributed by atoms with Crippen LogP contribution in [0.25, 0.3) is 0 Å². The van der Waals surface area contributed by atoms with Gasteiger partial charge in [-0.3, -0.25) is 9.10 Å². The molecule has 0 fully saturated rings. The Morgan fingerprint density at radius 2 is 1.74 bits per heavy atom. The molecule has 0 saturated heterocycles. The minimum Gasteiger partial charge on any atom is -0.495 e. The van der Waals surface area contributed by atoms with Gasteiger partial charge in [0.25, 0.3) is 10.0 Å².